The van der Waals surface area contributed by atoms with Gasteiger partial charge in [-0.1, -0.05) is 39.0 Å². The molecule has 0 atom stereocenters. The van der Waals surface area contributed by atoms with E-state index >= 15 is 0 Å². The topological polar surface area (TPSA) is 59.6 Å². The molecule has 0 bridgehead atoms. The van der Waals surface area contributed by atoms with E-state index in [0.717, 1.165) is 11.3 Å². The van der Waals surface area contributed by atoms with Crippen LogP contribution in [0.5, 0.6) is 0 Å². The molecule has 0 aliphatic heterocycles. The average molecular weight is 280 g/mol. The monoisotopic (exact) mass is 280 g/mol. The molecule has 20 heavy (non-hydrogen) atoms. The molecule has 0 aromatic heterocycles. The first-order valence-electron chi connectivity index (χ1n) is 6.66. The van der Waals surface area contributed by atoms with Crippen LogP contribution in [0, 0.1) is 0 Å². The van der Waals surface area contributed by atoms with Crippen molar-refractivity contribution in [2.24, 2.45) is 0 Å². The Labute approximate surface area is 120 Å². The lowest BCUT2D eigenvalue weighted by Gasteiger charge is -2.23. The smallest absolute Gasteiger partial charge is 0.321 e. The van der Waals surface area contributed by atoms with Gasteiger partial charge < -0.3 is 20.1 Å². The highest BCUT2D eigenvalue weighted by molar-refractivity contribution is 5.90. The Morgan fingerprint density at radius 2 is 1.90 bits per heavy atom. The number of hydrogen-bond acceptors (Lipinski definition) is 3. The molecule has 1 aromatic rings. The largest absolute Gasteiger partial charge is 0.382 e. The van der Waals surface area contributed by atoms with Crippen LogP contribution in [0.1, 0.15) is 26.3 Å². The highest BCUT2D eigenvalue weighted by Crippen LogP contribution is 2.28. The maximum Gasteiger partial charge on any atom is 0.321 e. The van der Waals surface area contributed by atoms with Crippen LogP contribution in [0.3, 0.4) is 0 Å². The first-order chi connectivity index (χ1) is 9.45. The predicted molar refractivity (Wildman–Crippen MR) is 80.0 cm³/mol. The lowest BCUT2D eigenvalue weighted by atomic mass is 9.86. The highest BCUT2D eigenvalue weighted by Gasteiger charge is 2.18. The third-order valence-corrected chi connectivity index (χ3v) is 2.75. The van der Waals surface area contributed by atoms with Crippen molar-refractivity contribution in [2.75, 3.05) is 32.4 Å². The number of benzene rings is 1. The maximum absolute atomic E-state index is 11.8. The number of ether oxygens (including phenoxy) is 2. The van der Waals surface area contributed by atoms with Crippen molar-refractivity contribution >= 4 is 11.7 Å². The Bertz CT molecular complexity index is 427. The molecule has 0 fully saturated rings. The van der Waals surface area contributed by atoms with Gasteiger partial charge in [-0.15, -0.1) is 0 Å². The van der Waals surface area contributed by atoms with Crippen molar-refractivity contribution in [3.8, 4) is 0 Å². The lowest BCUT2D eigenvalue weighted by Crippen LogP contribution is -2.32. The van der Waals surface area contributed by atoms with Gasteiger partial charge in [0.2, 0.25) is 0 Å². The summed E-state index contributed by atoms with van der Waals surface area (Å²) in [6, 6.07) is 7.51. The zero-order valence-electron chi connectivity index (χ0n) is 12.7. The predicted octanol–water partition coefficient (Wildman–Crippen LogP) is 2.73. The second-order valence-corrected chi connectivity index (χ2v) is 5.47. The van der Waals surface area contributed by atoms with Crippen molar-refractivity contribution in [1.82, 2.24) is 5.32 Å². The van der Waals surface area contributed by atoms with E-state index in [1.165, 1.54) is 0 Å². The number of para-hydroxylation sites is 1. The van der Waals surface area contributed by atoms with Crippen LogP contribution in [-0.4, -0.2) is 33.1 Å². The third-order valence-electron chi connectivity index (χ3n) is 2.75. The van der Waals surface area contributed by atoms with E-state index in [4.69, 9.17) is 9.47 Å². The Morgan fingerprint density at radius 3 is 2.55 bits per heavy atom. The number of urea groups is 1. The van der Waals surface area contributed by atoms with Crippen molar-refractivity contribution < 1.29 is 14.3 Å². The van der Waals surface area contributed by atoms with Gasteiger partial charge in [0, 0.05) is 12.8 Å². The van der Waals surface area contributed by atoms with E-state index < -0.39 is 0 Å². The van der Waals surface area contributed by atoms with Crippen LogP contribution in [0.25, 0.3) is 0 Å². The molecular weight excluding hydrogens is 256 g/mol. The van der Waals surface area contributed by atoms with E-state index in [9.17, 15) is 4.79 Å². The molecule has 0 radical (unpaired) electrons. The normalized spacial score (nSPS) is 11.2. The minimum absolute atomic E-state index is 0.0289. The van der Waals surface area contributed by atoms with E-state index in [2.05, 4.69) is 31.4 Å². The molecule has 1 aromatic carbocycles. The first kappa shape index (κ1) is 16.5. The number of carbonyl (C=O) groups is 1. The summed E-state index contributed by atoms with van der Waals surface area (Å²) >= 11 is 0. The molecule has 2 amide bonds. The minimum Gasteiger partial charge on any atom is -0.382 e. The Kier molecular flexibility index (Phi) is 6.48. The Balaban J connectivity index is 2.50. The standard InChI is InChI=1S/C15H24N2O3/c1-15(2,3)12-7-5-6-8-13(12)17-14(18)16-11-20-10-9-19-4/h5-8H,9-11H2,1-4H3,(H2,16,17,18). The van der Waals surface area contributed by atoms with E-state index in [0.29, 0.717) is 13.2 Å². The summed E-state index contributed by atoms with van der Waals surface area (Å²) in [5.41, 5.74) is 1.88. The molecule has 0 spiro atoms. The Morgan fingerprint density at radius 1 is 1.20 bits per heavy atom. The fourth-order valence-corrected chi connectivity index (χ4v) is 1.74. The molecule has 0 saturated carbocycles. The van der Waals surface area contributed by atoms with E-state index in [1.807, 2.05) is 24.3 Å². The molecule has 0 aliphatic rings. The number of carbonyl (C=O) groups excluding carboxylic acids is 1. The average Bonchev–Trinajstić information content (AvgIpc) is 2.38. The summed E-state index contributed by atoms with van der Waals surface area (Å²) < 4.78 is 10.0. The molecule has 2 N–H and O–H groups in total. The zero-order valence-corrected chi connectivity index (χ0v) is 12.7. The molecule has 0 saturated heterocycles. The summed E-state index contributed by atoms with van der Waals surface area (Å²) in [5, 5.41) is 5.49. The van der Waals surface area contributed by atoms with Crippen LogP contribution < -0.4 is 10.6 Å². The maximum atomic E-state index is 11.8. The molecule has 0 unspecified atom stereocenters. The van der Waals surface area contributed by atoms with Crippen LogP contribution in [-0.2, 0) is 14.9 Å². The fourth-order valence-electron chi connectivity index (χ4n) is 1.74. The van der Waals surface area contributed by atoms with Crippen LogP contribution in [0.2, 0.25) is 0 Å². The summed E-state index contributed by atoms with van der Waals surface area (Å²) in [6.07, 6.45) is 0. The van der Waals surface area contributed by atoms with E-state index in [1.54, 1.807) is 7.11 Å². The third kappa shape index (κ3) is 5.59. The van der Waals surface area contributed by atoms with Gasteiger partial charge in [-0.25, -0.2) is 4.79 Å². The second-order valence-electron chi connectivity index (χ2n) is 5.47. The molecule has 1 rings (SSSR count). The summed E-state index contributed by atoms with van der Waals surface area (Å²) in [6.45, 7) is 7.45. The fraction of sp³-hybridized carbons (Fsp3) is 0.533. The zero-order chi connectivity index (χ0) is 15.0. The number of nitrogens with one attached hydrogen (secondary N) is 2. The minimum atomic E-state index is -0.279. The lowest BCUT2D eigenvalue weighted by molar-refractivity contribution is 0.0650. The number of anilines is 1. The van der Waals surface area contributed by atoms with Crippen molar-refractivity contribution in [1.29, 1.82) is 0 Å². The number of hydrogen-bond donors (Lipinski definition) is 2. The van der Waals surface area contributed by atoms with Gasteiger partial charge in [0.05, 0.1) is 13.2 Å². The molecular formula is C15H24N2O3. The van der Waals surface area contributed by atoms with Gasteiger partial charge in [-0.2, -0.15) is 0 Å². The number of methoxy groups -OCH3 is 1. The number of amides is 2. The van der Waals surface area contributed by atoms with Gasteiger partial charge >= 0.3 is 6.03 Å². The first-order valence-corrected chi connectivity index (χ1v) is 6.66. The molecule has 5 heteroatoms. The van der Waals surface area contributed by atoms with Crippen molar-refractivity contribution in [3.63, 3.8) is 0 Å². The quantitative estimate of drug-likeness (QED) is 0.622. The summed E-state index contributed by atoms with van der Waals surface area (Å²) in [4.78, 5) is 11.8. The SMILES string of the molecule is COCCOCNC(=O)Nc1ccccc1C(C)(C)C. The summed E-state index contributed by atoms with van der Waals surface area (Å²) in [5.74, 6) is 0. The van der Waals surface area contributed by atoms with Crippen LogP contribution in [0.4, 0.5) is 10.5 Å². The second kappa shape index (κ2) is 7.87. The van der Waals surface area contributed by atoms with Gasteiger partial charge in [0.25, 0.3) is 0 Å². The Hall–Kier alpha value is -1.59. The molecule has 112 valence electrons. The molecule has 0 heterocycles. The van der Waals surface area contributed by atoms with Gasteiger partial charge in [0.1, 0.15) is 6.73 Å². The van der Waals surface area contributed by atoms with Crippen LogP contribution >= 0.6 is 0 Å². The van der Waals surface area contributed by atoms with Gasteiger partial charge in [-0.3, -0.25) is 0 Å². The summed E-state index contributed by atoms with van der Waals surface area (Å²) in [7, 11) is 1.60. The van der Waals surface area contributed by atoms with Crippen LogP contribution in [0.15, 0.2) is 24.3 Å². The molecule has 0 aliphatic carbocycles. The van der Waals surface area contributed by atoms with Gasteiger partial charge in [0.15, 0.2) is 0 Å². The van der Waals surface area contributed by atoms with Crippen molar-refractivity contribution in [3.05, 3.63) is 29.8 Å². The van der Waals surface area contributed by atoms with Crippen molar-refractivity contribution in [2.45, 2.75) is 26.2 Å². The highest BCUT2D eigenvalue weighted by atomic mass is 16.5. The van der Waals surface area contributed by atoms with Gasteiger partial charge in [-0.05, 0) is 17.0 Å². The number of rotatable bonds is 6. The van der Waals surface area contributed by atoms with E-state index in [-0.39, 0.29) is 18.2 Å². The molecule has 5 nitrogen and oxygen atoms in total.